The molecule has 9 nitrogen and oxygen atoms in total. The number of hydrogen-bond donors (Lipinski definition) is 1. The number of aromatic nitrogens is 2. The van der Waals surface area contributed by atoms with Crippen molar-refractivity contribution in [3.63, 3.8) is 0 Å². The van der Waals surface area contributed by atoms with Gasteiger partial charge >= 0.3 is 17.9 Å². The van der Waals surface area contributed by atoms with Crippen molar-refractivity contribution in [2.45, 2.75) is 62.9 Å². The standard InChI is InChI=1S/C29H30N2O7S2/c1-4-29(38-24(34)10-12-40-28(2,3)39-11-9-23(32)33)20-14-22-25-18(13-17-7-5-6-8-21(17)30-25)15-31(22)26(35)19(20)16-37-27(29)36/h5-8,13-14H,4,9-12,15-16H2,1-3H3,(H,32,33)/t29-/m0/s1. The third kappa shape index (κ3) is 5.24. The molecule has 0 amide bonds. The highest BCUT2D eigenvalue weighted by molar-refractivity contribution is 8.18. The van der Waals surface area contributed by atoms with E-state index >= 15 is 0 Å². The van der Waals surface area contributed by atoms with E-state index in [4.69, 9.17) is 19.6 Å². The minimum absolute atomic E-state index is 0.0399. The van der Waals surface area contributed by atoms with Crippen molar-refractivity contribution >= 4 is 52.3 Å². The minimum atomic E-state index is -1.73. The number of cyclic esters (lactones) is 1. The molecule has 0 unspecified atom stereocenters. The van der Waals surface area contributed by atoms with E-state index in [0.29, 0.717) is 40.6 Å². The van der Waals surface area contributed by atoms with E-state index in [-0.39, 0.29) is 35.5 Å². The average molecular weight is 583 g/mol. The molecule has 1 N–H and O–H groups in total. The van der Waals surface area contributed by atoms with E-state index in [1.165, 1.54) is 23.5 Å². The summed E-state index contributed by atoms with van der Waals surface area (Å²) in [6, 6.07) is 11.5. The second-order valence-corrected chi connectivity index (χ2v) is 13.9. The van der Waals surface area contributed by atoms with Gasteiger partial charge in [-0.15, -0.1) is 23.5 Å². The topological polar surface area (TPSA) is 125 Å². The molecule has 0 saturated heterocycles. The number of nitrogens with zero attached hydrogens (tertiary/aromatic N) is 2. The predicted molar refractivity (Wildman–Crippen MR) is 154 cm³/mol. The summed E-state index contributed by atoms with van der Waals surface area (Å²) in [4.78, 5) is 55.5. The summed E-state index contributed by atoms with van der Waals surface area (Å²) >= 11 is 3.03. The van der Waals surface area contributed by atoms with Crippen LogP contribution >= 0.6 is 23.5 Å². The first kappa shape index (κ1) is 28.2. The van der Waals surface area contributed by atoms with Crippen molar-refractivity contribution in [1.29, 1.82) is 0 Å². The molecule has 40 heavy (non-hydrogen) atoms. The third-order valence-corrected chi connectivity index (χ3v) is 10.1. The van der Waals surface area contributed by atoms with Gasteiger partial charge < -0.3 is 19.1 Å². The normalized spacial score (nSPS) is 17.6. The van der Waals surface area contributed by atoms with Crippen molar-refractivity contribution < 1.29 is 29.0 Å². The summed E-state index contributed by atoms with van der Waals surface area (Å²) in [5.41, 5.74) is 1.62. The van der Waals surface area contributed by atoms with Crippen LogP contribution in [-0.2, 0) is 42.6 Å². The van der Waals surface area contributed by atoms with E-state index < -0.39 is 23.5 Å². The lowest BCUT2D eigenvalue weighted by molar-refractivity contribution is -0.189. The summed E-state index contributed by atoms with van der Waals surface area (Å²) in [5, 5.41) is 9.84. The maximum absolute atomic E-state index is 13.6. The molecular formula is C29H30N2O7S2. The molecule has 11 heteroatoms. The van der Waals surface area contributed by atoms with Crippen molar-refractivity contribution in [2.24, 2.45) is 0 Å². The Morgan fingerprint density at radius 3 is 2.60 bits per heavy atom. The fourth-order valence-electron chi connectivity index (χ4n) is 5.13. The van der Waals surface area contributed by atoms with Gasteiger partial charge in [0.25, 0.3) is 5.56 Å². The zero-order valence-corrected chi connectivity index (χ0v) is 24.2. The number of ether oxygens (including phenoxy) is 2. The quantitative estimate of drug-likeness (QED) is 0.208. The Labute approximate surface area is 239 Å². The van der Waals surface area contributed by atoms with Crippen LogP contribution in [0.5, 0.6) is 0 Å². The Morgan fingerprint density at radius 1 is 1.15 bits per heavy atom. The fraction of sp³-hybridized carbons (Fsp3) is 0.414. The van der Waals surface area contributed by atoms with Gasteiger partial charge in [-0.25, -0.2) is 9.78 Å². The van der Waals surface area contributed by atoms with E-state index in [1.54, 1.807) is 17.6 Å². The maximum Gasteiger partial charge on any atom is 0.355 e. The second-order valence-electron chi connectivity index (χ2n) is 10.2. The summed E-state index contributed by atoms with van der Waals surface area (Å²) in [6.45, 7) is 5.85. The van der Waals surface area contributed by atoms with Gasteiger partial charge in [-0.2, -0.15) is 0 Å². The SMILES string of the molecule is CC[C@@]1(OC(=O)CCSC(C)(C)SCCC(=O)O)C(=O)OCc2c1cc1n(c2=O)Cc2cc3ccccc3nc2-1. The summed E-state index contributed by atoms with van der Waals surface area (Å²) in [7, 11) is 0. The first-order valence-corrected chi connectivity index (χ1v) is 15.1. The Kier molecular flexibility index (Phi) is 7.71. The van der Waals surface area contributed by atoms with Crippen LogP contribution < -0.4 is 5.56 Å². The van der Waals surface area contributed by atoms with Crippen LogP contribution in [0.1, 0.15) is 56.7 Å². The summed E-state index contributed by atoms with van der Waals surface area (Å²) in [5.74, 6) is -1.23. The Hall–Kier alpha value is -3.31. The van der Waals surface area contributed by atoms with E-state index in [9.17, 15) is 19.2 Å². The Morgan fingerprint density at radius 2 is 1.88 bits per heavy atom. The van der Waals surface area contributed by atoms with Gasteiger partial charge in [0, 0.05) is 28.0 Å². The smallest absolute Gasteiger partial charge is 0.355 e. The molecule has 2 aliphatic rings. The average Bonchev–Trinajstić information content (AvgIpc) is 3.26. The number of esters is 2. The van der Waals surface area contributed by atoms with E-state index in [2.05, 4.69) is 0 Å². The molecule has 0 saturated carbocycles. The molecule has 0 aliphatic carbocycles. The number of thioether (sulfide) groups is 2. The van der Waals surface area contributed by atoms with E-state index in [0.717, 1.165) is 16.5 Å². The fourth-order valence-corrected chi connectivity index (χ4v) is 7.50. The highest BCUT2D eigenvalue weighted by Gasteiger charge is 2.50. The molecule has 1 atom stereocenters. The van der Waals surface area contributed by atoms with E-state index in [1.807, 2.05) is 44.2 Å². The molecule has 4 heterocycles. The molecular weight excluding hydrogens is 552 g/mol. The zero-order chi connectivity index (χ0) is 28.7. The minimum Gasteiger partial charge on any atom is -0.481 e. The van der Waals surface area contributed by atoms with Crippen LogP contribution in [0.4, 0.5) is 0 Å². The van der Waals surface area contributed by atoms with Crippen LogP contribution in [-0.4, -0.2) is 48.2 Å². The molecule has 0 spiro atoms. The molecule has 210 valence electrons. The second kappa shape index (κ2) is 10.9. The number of para-hydroxylation sites is 1. The number of carboxylic acid groups (broad SMARTS) is 1. The summed E-state index contributed by atoms with van der Waals surface area (Å²) in [6.07, 6.45) is 0.213. The van der Waals surface area contributed by atoms with Crippen molar-refractivity contribution in [3.8, 4) is 11.4 Å². The van der Waals surface area contributed by atoms with Crippen LogP contribution in [0, 0.1) is 0 Å². The highest BCUT2D eigenvalue weighted by atomic mass is 32.2. The largest absolute Gasteiger partial charge is 0.481 e. The van der Waals surface area contributed by atoms with Gasteiger partial charge in [0.05, 0.1) is 45.9 Å². The molecule has 2 aromatic heterocycles. The molecule has 0 fully saturated rings. The van der Waals surface area contributed by atoms with Gasteiger partial charge in [-0.3, -0.25) is 14.4 Å². The van der Waals surface area contributed by atoms with Gasteiger partial charge in [-0.1, -0.05) is 25.1 Å². The molecule has 1 aromatic carbocycles. The maximum atomic E-state index is 13.6. The lowest BCUT2D eigenvalue weighted by atomic mass is 9.85. The molecule has 0 radical (unpaired) electrons. The zero-order valence-electron chi connectivity index (χ0n) is 22.5. The monoisotopic (exact) mass is 582 g/mol. The first-order valence-electron chi connectivity index (χ1n) is 13.1. The number of hydrogen-bond acceptors (Lipinski definition) is 9. The van der Waals surface area contributed by atoms with Gasteiger partial charge in [0.1, 0.15) is 6.61 Å². The number of aliphatic carboxylic acids is 1. The van der Waals surface area contributed by atoms with Crippen LogP contribution in [0.2, 0.25) is 0 Å². The van der Waals surface area contributed by atoms with Crippen LogP contribution in [0.3, 0.4) is 0 Å². The molecule has 3 aromatic rings. The van der Waals surface area contributed by atoms with Gasteiger partial charge in [0.2, 0.25) is 5.60 Å². The predicted octanol–water partition coefficient (Wildman–Crippen LogP) is 4.70. The van der Waals surface area contributed by atoms with Crippen molar-refractivity contribution in [2.75, 3.05) is 11.5 Å². The van der Waals surface area contributed by atoms with Gasteiger partial charge in [0.15, 0.2) is 0 Å². The first-order chi connectivity index (χ1) is 19.0. The number of pyridine rings is 2. The van der Waals surface area contributed by atoms with Crippen LogP contribution in [0.15, 0.2) is 41.2 Å². The Bertz CT molecular complexity index is 1580. The van der Waals surface area contributed by atoms with Crippen molar-refractivity contribution in [1.82, 2.24) is 9.55 Å². The van der Waals surface area contributed by atoms with Crippen LogP contribution in [0.25, 0.3) is 22.3 Å². The number of carbonyl (C=O) groups excluding carboxylic acids is 2. The lowest BCUT2D eigenvalue weighted by Gasteiger charge is -2.35. The number of rotatable bonds is 10. The summed E-state index contributed by atoms with van der Waals surface area (Å²) < 4.78 is 12.6. The number of fused-ring (bicyclic) bond motifs is 5. The Balaban J connectivity index is 1.41. The molecule has 2 aliphatic heterocycles. The molecule has 0 bridgehead atoms. The lowest BCUT2D eigenvalue weighted by Crippen LogP contribution is -2.47. The third-order valence-electron chi connectivity index (χ3n) is 7.19. The highest BCUT2D eigenvalue weighted by Crippen LogP contribution is 2.42. The van der Waals surface area contributed by atoms with Crippen molar-refractivity contribution in [3.05, 3.63) is 63.4 Å². The molecule has 5 rings (SSSR count). The number of benzene rings is 1. The number of carboxylic acids is 1. The number of carbonyl (C=O) groups is 3. The van der Waals surface area contributed by atoms with Gasteiger partial charge in [-0.05, 0) is 38.5 Å².